The third-order valence-corrected chi connectivity index (χ3v) is 4.01. The Morgan fingerprint density at radius 1 is 1.12 bits per heavy atom. The van der Waals surface area contributed by atoms with Gasteiger partial charge in [-0.2, -0.15) is 0 Å². The molecule has 0 saturated heterocycles. The predicted octanol–water partition coefficient (Wildman–Crippen LogP) is 4.63. The number of rotatable bonds is 5. The lowest BCUT2D eigenvalue weighted by atomic mass is 10.0. The van der Waals surface area contributed by atoms with Gasteiger partial charge in [0.2, 0.25) is 0 Å². The molecule has 1 amide bonds. The first-order valence-corrected chi connectivity index (χ1v) is 8.24. The summed E-state index contributed by atoms with van der Waals surface area (Å²) in [6, 6.07) is 18.6. The van der Waals surface area contributed by atoms with E-state index in [1.54, 1.807) is 24.5 Å². The summed E-state index contributed by atoms with van der Waals surface area (Å²) in [5.74, 6) is -0.306. The van der Waals surface area contributed by atoms with Crippen molar-refractivity contribution < 1.29 is 9.63 Å². The average Bonchev–Trinajstić information content (AvgIpc) is 2.67. The van der Waals surface area contributed by atoms with E-state index in [1.165, 1.54) is 7.11 Å². The molecule has 5 nitrogen and oxygen atoms in total. The van der Waals surface area contributed by atoms with Crippen molar-refractivity contribution in [3.8, 4) is 11.1 Å². The molecule has 3 rings (SSSR count). The number of benzene rings is 2. The number of hydrogen-bond donors (Lipinski definition) is 1. The number of oxime groups is 1. The van der Waals surface area contributed by atoms with Crippen molar-refractivity contribution >= 4 is 29.4 Å². The molecule has 0 bridgehead atoms. The molecule has 3 aromatic rings. The third kappa shape index (κ3) is 4.07. The number of amides is 1. The lowest BCUT2D eigenvalue weighted by molar-refractivity contribution is 0.102. The highest BCUT2D eigenvalue weighted by Crippen LogP contribution is 2.28. The Morgan fingerprint density at radius 3 is 2.62 bits per heavy atom. The van der Waals surface area contributed by atoms with Crippen molar-refractivity contribution in [2.24, 2.45) is 5.16 Å². The Balaban J connectivity index is 1.88. The van der Waals surface area contributed by atoms with Crippen LogP contribution in [0.1, 0.15) is 15.9 Å². The second kappa shape index (κ2) is 8.27. The smallest absolute Gasteiger partial charge is 0.258 e. The van der Waals surface area contributed by atoms with Crippen molar-refractivity contribution in [2.45, 2.75) is 0 Å². The van der Waals surface area contributed by atoms with Crippen LogP contribution in [-0.4, -0.2) is 24.2 Å². The first-order chi connectivity index (χ1) is 12.7. The molecule has 0 radical (unpaired) electrons. The quantitative estimate of drug-likeness (QED) is 0.407. The van der Waals surface area contributed by atoms with Gasteiger partial charge in [-0.25, -0.2) is 4.98 Å². The predicted molar refractivity (Wildman–Crippen MR) is 104 cm³/mol. The second-order valence-corrected chi connectivity index (χ2v) is 5.74. The van der Waals surface area contributed by atoms with E-state index in [0.717, 1.165) is 16.7 Å². The summed E-state index contributed by atoms with van der Waals surface area (Å²) in [7, 11) is 1.50. The summed E-state index contributed by atoms with van der Waals surface area (Å²) in [5, 5.41) is 6.82. The lowest BCUT2D eigenvalue weighted by Gasteiger charge is -2.12. The molecule has 26 heavy (non-hydrogen) atoms. The van der Waals surface area contributed by atoms with Crippen molar-refractivity contribution in [1.82, 2.24) is 4.98 Å². The number of pyridine rings is 1. The van der Waals surface area contributed by atoms with Gasteiger partial charge in [0.25, 0.3) is 5.91 Å². The average molecular weight is 366 g/mol. The van der Waals surface area contributed by atoms with Crippen LogP contribution < -0.4 is 5.32 Å². The summed E-state index contributed by atoms with van der Waals surface area (Å²) < 4.78 is 0. The number of hydrogen-bond acceptors (Lipinski definition) is 4. The van der Waals surface area contributed by atoms with Crippen LogP contribution in [0.3, 0.4) is 0 Å². The molecule has 0 aliphatic rings. The highest BCUT2D eigenvalue weighted by atomic mass is 35.5. The molecular weight excluding hydrogens is 350 g/mol. The van der Waals surface area contributed by atoms with E-state index in [9.17, 15) is 4.79 Å². The molecule has 130 valence electrons. The SMILES string of the molecule is CO/N=C/c1ccc(-c2ccccc2NC(=O)c2cccnc2Cl)cc1. The van der Waals surface area contributed by atoms with Gasteiger partial charge in [-0.15, -0.1) is 0 Å². The maximum atomic E-state index is 12.5. The van der Waals surface area contributed by atoms with Gasteiger partial charge in [0, 0.05) is 17.4 Å². The van der Waals surface area contributed by atoms with Gasteiger partial charge in [0.15, 0.2) is 0 Å². The summed E-state index contributed by atoms with van der Waals surface area (Å²) in [5.41, 5.74) is 3.80. The Hall–Kier alpha value is -3.18. The molecule has 0 unspecified atom stereocenters. The van der Waals surface area contributed by atoms with Crippen LogP contribution in [0.25, 0.3) is 11.1 Å². The molecule has 0 aliphatic heterocycles. The zero-order valence-electron chi connectivity index (χ0n) is 14.0. The number of anilines is 1. The molecule has 0 fully saturated rings. The van der Waals surface area contributed by atoms with Gasteiger partial charge >= 0.3 is 0 Å². The van der Waals surface area contributed by atoms with Crippen molar-refractivity contribution in [2.75, 3.05) is 12.4 Å². The third-order valence-electron chi connectivity index (χ3n) is 3.71. The first-order valence-electron chi connectivity index (χ1n) is 7.87. The van der Waals surface area contributed by atoms with Crippen LogP contribution in [-0.2, 0) is 4.84 Å². The van der Waals surface area contributed by atoms with Gasteiger partial charge < -0.3 is 10.2 Å². The standard InChI is InChI=1S/C20H16ClN3O2/c1-26-23-13-14-8-10-15(11-9-14)16-5-2-3-7-18(16)24-20(25)17-6-4-12-22-19(17)21/h2-13H,1H3,(H,24,25)/b23-13+. The van der Waals surface area contributed by atoms with Crippen molar-refractivity contribution in [1.29, 1.82) is 0 Å². The van der Waals surface area contributed by atoms with E-state index in [1.807, 2.05) is 48.5 Å². The zero-order valence-corrected chi connectivity index (χ0v) is 14.8. The Bertz CT molecular complexity index is 940. The van der Waals surface area contributed by atoms with Crippen LogP contribution in [0.2, 0.25) is 5.15 Å². The van der Waals surface area contributed by atoms with Gasteiger partial charge in [-0.1, -0.05) is 59.2 Å². The van der Waals surface area contributed by atoms with Crippen LogP contribution in [0.15, 0.2) is 72.0 Å². The molecule has 1 N–H and O–H groups in total. The van der Waals surface area contributed by atoms with Crippen LogP contribution >= 0.6 is 11.6 Å². The number of carbonyl (C=O) groups excluding carboxylic acids is 1. The van der Waals surface area contributed by atoms with Gasteiger partial charge in [-0.3, -0.25) is 4.79 Å². The molecular formula is C20H16ClN3O2. The molecule has 1 aromatic heterocycles. The Labute approximate surface area is 156 Å². The van der Waals surface area contributed by atoms with Crippen LogP contribution in [0.5, 0.6) is 0 Å². The molecule has 0 atom stereocenters. The first kappa shape index (κ1) is 17.6. The Morgan fingerprint density at radius 2 is 1.88 bits per heavy atom. The summed E-state index contributed by atoms with van der Waals surface area (Å²) in [6.07, 6.45) is 3.17. The second-order valence-electron chi connectivity index (χ2n) is 5.38. The highest BCUT2D eigenvalue weighted by molar-refractivity contribution is 6.33. The number of nitrogens with one attached hydrogen (secondary N) is 1. The molecule has 0 saturated carbocycles. The molecule has 0 aliphatic carbocycles. The van der Waals surface area contributed by atoms with E-state index in [2.05, 4.69) is 20.3 Å². The fourth-order valence-corrected chi connectivity index (χ4v) is 2.66. The number of nitrogens with zero attached hydrogens (tertiary/aromatic N) is 2. The van der Waals surface area contributed by atoms with E-state index < -0.39 is 0 Å². The summed E-state index contributed by atoms with van der Waals surface area (Å²) >= 11 is 6.01. The normalized spacial score (nSPS) is 10.7. The largest absolute Gasteiger partial charge is 0.399 e. The molecule has 0 spiro atoms. The number of para-hydroxylation sites is 1. The minimum atomic E-state index is -0.306. The number of aromatic nitrogens is 1. The van der Waals surface area contributed by atoms with Crippen molar-refractivity contribution in [3.63, 3.8) is 0 Å². The number of halogens is 1. The van der Waals surface area contributed by atoms with Crippen LogP contribution in [0, 0.1) is 0 Å². The molecule has 6 heteroatoms. The number of carbonyl (C=O) groups is 1. The maximum absolute atomic E-state index is 12.5. The Kier molecular flexibility index (Phi) is 5.61. The minimum Gasteiger partial charge on any atom is -0.399 e. The minimum absolute atomic E-state index is 0.171. The molecule has 2 aromatic carbocycles. The fraction of sp³-hybridized carbons (Fsp3) is 0.0500. The maximum Gasteiger partial charge on any atom is 0.258 e. The zero-order chi connectivity index (χ0) is 18.4. The van der Waals surface area contributed by atoms with E-state index in [0.29, 0.717) is 11.3 Å². The van der Waals surface area contributed by atoms with Gasteiger partial charge in [0.1, 0.15) is 12.3 Å². The topological polar surface area (TPSA) is 63.6 Å². The fourth-order valence-electron chi connectivity index (χ4n) is 2.45. The molecule has 1 heterocycles. The summed E-state index contributed by atoms with van der Waals surface area (Å²) in [6.45, 7) is 0. The lowest BCUT2D eigenvalue weighted by Crippen LogP contribution is -2.13. The highest BCUT2D eigenvalue weighted by Gasteiger charge is 2.13. The van der Waals surface area contributed by atoms with E-state index in [4.69, 9.17) is 11.6 Å². The monoisotopic (exact) mass is 365 g/mol. The van der Waals surface area contributed by atoms with Gasteiger partial charge in [-0.05, 0) is 29.3 Å². The van der Waals surface area contributed by atoms with E-state index >= 15 is 0 Å². The van der Waals surface area contributed by atoms with Crippen LogP contribution in [0.4, 0.5) is 5.69 Å². The van der Waals surface area contributed by atoms with E-state index in [-0.39, 0.29) is 11.1 Å². The van der Waals surface area contributed by atoms with Crippen molar-refractivity contribution in [3.05, 3.63) is 83.1 Å². The van der Waals surface area contributed by atoms with Gasteiger partial charge in [0.05, 0.1) is 11.8 Å². The summed E-state index contributed by atoms with van der Waals surface area (Å²) in [4.78, 5) is 21.1.